The number of hydrogen-bond donors (Lipinski definition) is 2. The zero-order valence-corrected chi connectivity index (χ0v) is 22.9. The molecule has 2 heterocycles. The second-order valence-electron chi connectivity index (χ2n) is 11.0. The van der Waals surface area contributed by atoms with Crippen molar-refractivity contribution >= 4 is 18.0 Å². The lowest BCUT2D eigenvalue weighted by Gasteiger charge is -2.35. The Morgan fingerprint density at radius 3 is 2.28 bits per heavy atom. The second-order valence-corrected chi connectivity index (χ2v) is 11.0. The van der Waals surface area contributed by atoms with Crippen LogP contribution in [-0.4, -0.2) is 76.0 Å². The summed E-state index contributed by atoms with van der Waals surface area (Å²) in [6.45, 7) is 14.0. The van der Waals surface area contributed by atoms with Gasteiger partial charge in [-0.1, -0.05) is 6.92 Å². The maximum atomic E-state index is 13.5. The molecule has 1 aliphatic rings. The molecule has 11 nitrogen and oxygen atoms in total. The van der Waals surface area contributed by atoms with Crippen LogP contribution in [-0.2, 0) is 28.5 Å². The number of methoxy groups -OCH3 is 1. The molecule has 0 aliphatic carbocycles. The van der Waals surface area contributed by atoms with E-state index >= 15 is 0 Å². The summed E-state index contributed by atoms with van der Waals surface area (Å²) in [5, 5.41) is 9.67. The highest BCUT2D eigenvalue weighted by Crippen LogP contribution is 2.41. The molecule has 0 spiro atoms. The SMILES string of the molecule is CC[C@H](C[C@@H]1[C@H](c2ccn[nH]2)C[C@H](C(=O)OC(C)(C)C)N1C(=O)OC(C)(C)C)OC(NC(C)=O)OC. The van der Waals surface area contributed by atoms with Gasteiger partial charge in [-0.15, -0.1) is 0 Å². The number of ether oxygens (including phenoxy) is 4. The van der Waals surface area contributed by atoms with E-state index in [1.807, 2.05) is 13.0 Å². The standard InChI is InChI=1S/C25H42N4O7/c1-10-16(34-22(33-9)27-15(2)30)13-19-17(18-11-12-26-28-18)14-20(21(31)35-24(3,4)5)29(19)23(32)36-25(6,7)8/h11-12,16-17,19-20,22H,10,13-14H2,1-9H3,(H,26,28)(H,27,30)/t16-,17+,19-,20-,22?/m1/s1. The summed E-state index contributed by atoms with van der Waals surface area (Å²) in [5.41, 5.74) is -0.698. The average Bonchev–Trinajstić information content (AvgIpc) is 3.37. The minimum Gasteiger partial charge on any atom is -0.458 e. The van der Waals surface area contributed by atoms with Crippen molar-refractivity contribution in [1.82, 2.24) is 20.4 Å². The Morgan fingerprint density at radius 1 is 1.17 bits per heavy atom. The van der Waals surface area contributed by atoms with Crippen LogP contribution in [0, 0.1) is 0 Å². The second kappa shape index (κ2) is 12.1. The molecule has 2 amide bonds. The monoisotopic (exact) mass is 510 g/mol. The number of amides is 2. The zero-order chi connectivity index (χ0) is 27.3. The third kappa shape index (κ3) is 8.48. The molecule has 0 aromatic carbocycles. The molecule has 11 heteroatoms. The predicted octanol–water partition coefficient (Wildman–Crippen LogP) is 3.46. The molecule has 1 unspecified atom stereocenters. The van der Waals surface area contributed by atoms with E-state index in [4.69, 9.17) is 18.9 Å². The summed E-state index contributed by atoms with van der Waals surface area (Å²) in [6, 6.07) is 0.500. The van der Waals surface area contributed by atoms with E-state index in [0.717, 1.165) is 5.69 Å². The molecular weight excluding hydrogens is 468 g/mol. The van der Waals surface area contributed by atoms with Gasteiger partial charge in [0.25, 0.3) is 0 Å². The fourth-order valence-electron chi connectivity index (χ4n) is 4.26. The van der Waals surface area contributed by atoms with E-state index in [1.165, 1.54) is 18.9 Å². The summed E-state index contributed by atoms with van der Waals surface area (Å²) in [5.74, 6) is -1.05. The van der Waals surface area contributed by atoms with Gasteiger partial charge in [-0.25, -0.2) is 9.59 Å². The zero-order valence-electron chi connectivity index (χ0n) is 22.9. The first-order chi connectivity index (χ1) is 16.6. The Morgan fingerprint density at radius 2 is 1.81 bits per heavy atom. The van der Waals surface area contributed by atoms with Gasteiger partial charge in [0, 0.05) is 37.9 Å². The largest absolute Gasteiger partial charge is 0.458 e. The van der Waals surface area contributed by atoms with Gasteiger partial charge in [0.1, 0.15) is 17.2 Å². The molecule has 0 saturated carbocycles. The van der Waals surface area contributed by atoms with Crippen molar-refractivity contribution in [1.29, 1.82) is 0 Å². The van der Waals surface area contributed by atoms with Crippen molar-refractivity contribution in [3.05, 3.63) is 18.0 Å². The Labute approximate surface area is 213 Å². The summed E-state index contributed by atoms with van der Waals surface area (Å²) < 4.78 is 22.7. The number of aromatic amines is 1. The van der Waals surface area contributed by atoms with Crippen molar-refractivity contribution < 1.29 is 33.3 Å². The van der Waals surface area contributed by atoms with Crippen LogP contribution in [0.1, 0.15) is 86.3 Å². The lowest BCUT2D eigenvalue weighted by Crippen LogP contribution is -2.50. The first-order valence-corrected chi connectivity index (χ1v) is 12.3. The van der Waals surface area contributed by atoms with Crippen LogP contribution < -0.4 is 5.32 Å². The third-order valence-corrected chi connectivity index (χ3v) is 5.65. The van der Waals surface area contributed by atoms with Crippen molar-refractivity contribution in [3.63, 3.8) is 0 Å². The van der Waals surface area contributed by atoms with Crippen LogP contribution in [0.3, 0.4) is 0 Å². The van der Waals surface area contributed by atoms with Crippen LogP contribution in [0.2, 0.25) is 0 Å². The highest BCUT2D eigenvalue weighted by Gasteiger charge is 2.51. The van der Waals surface area contributed by atoms with E-state index in [9.17, 15) is 14.4 Å². The number of hydrogen-bond acceptors (Lipinski definition) is 8. The molecule has 5 atom stereocenters. The van der Waals surface area contributed by atoms with E-state index in [-0.39, 0.29) is 11.8 Å². The molecule has 0 radical (unpaired) electrons. The van der Waals surface area contributed by atoms with Gasteiger partial charge in [0.15, 0.2) is 0 Å². The third-order valence-electron chi connectivity index (χ3n) is 5.65. The Balaban J connectivity index is 2.45. The maximum absolute atomic E-state index is 13.5. The van der Waals surface area contributed by atoms with Crippen LogP contribution in [0.15, 0.2) is 12.3 Å². The summed E-state index contributed by atoms with van der Waals surface area (Å²) in [4.78, 5) is 39.8. The van der Waals surface area contributed by atoms with E-state index in [1.54, 1.807) is 47.7 Å². The minimum absolute atomic E-state index is 0.253. The molecule has 36 heavy (non-hydrogen) atoms. The number of carbonyl (C=O) groups excluding carboxylic acids is 3. The molecule has 1 saturated heterocycles. The fourth-order valence-corrected chi connectivity index (χ4v) is 4.26. The molecule has 2 rings (SSSR count). The Bertz CT molecular complexity index is 876. The molecule has 204 valence electrons. The molecule has 0 bridgehead atoms. The minimum atomic E-state index is -0.948. The Hall–Kier alpha value is -2.66. The lowest BCUT2D eigenvalue weighted by atomic mass is 9.91. The van der Waals surface area contributed by atoms with Crippen molar-refractivity contribution in [2.24, 2.45) is 0 Å². The molecule has 1 fully saturated rings. The normalized spacial score (nSPS) is 22.1. The number of H-pyrrole nitrogens is 1. The van der Waals surface area contributed by atoms with E-state index in [2.05, 4.69) is 15.5 Å². The van der Waals surface area contributed by atoms with E-state index < -0.39 is 47.9 Å². The van der Waals surface area contributed by atoms with Crippen molar-refractivity contribution in [2.75, 3.05) is 7.11 Å². The van der Waals surface area contributed by atoms with Gasteiger partial charge < -0.3 is 24.3 Å². The van der Waals surface area contributed by atoms with Crippen LogP contribution >= 0.6 is 0 Å². The fraction of sp³-hybridized carbons (Fsp3) is 0.760. The van der Waals surface area contributed by atoms with Gasteiger partial charge in [-0.3, -0.25) is 14.8 Å². The van der Waals surface area contributed by atoms with Crippen molar-refractivity contribution in [3.8, 4) is 0 Å². The van der Waals surface area contributed by atoms with Crippen LogP contribution in [0.5, 0.6) is 0 Å². The molecule has 1 aromatic heterocycles. The number of nitrogens with zero attached hydrogens (tertiary/aromatic N) is 2. The van der Waals surface area contributed by atoms with Gasteiger partial charge in [0.2, 0.25) is 12.3 Å². The summed E-state index contributed by atoms with van der Waals surface area (Å²) >= 11 is 0. The van der Waals surface area contributed by atoms with Crippen LogP contribution in [0.25, 0.3) is 0 Å². The molecule has 2 N–H and O–H groups in total. The predicted molar refractivity (Wildman–Crippen MR) is 132 cm³/mol. The first-order valence-electron chi connectivity index (χ1n) is 12.3. The number of carbonyl (C=O) groups is 3. The highest BCUT2D eigenvalue weighted by molar-refractivity contribution is 5.83. The highest BCUT2D eigenvalue weighted by atomic mass is 16.7. The first kappa shape index (κ1) is 29.6. The molecular formula is C25H42N4O7. The molecule has 1 aliphatic heterocycles. The van der Waals surface area contributed by atoms with Gasteiger partial charge in [-0.05, 0) is 66.9 Å². The van der Waals surface area contributed by atoms with Gasteiger partial charge in [0.05, 0.1) is 6.10 Å². The lowest BCUT2D eigenvalue weighted by molar-refractivity contribution is -0.182. The summed E-state index contributed by atoms with van der Waals surface area (Å²) in [7, 11) is 1.43. The quantitative estimate of drug-likeness (QED) is 0.381. The number of nitrogens with one attached hydrogen (secondary N) is 2. The number of rotatable bonds is 9. The van der Waals surface area contributed by atoms with Gasteiger partial charge >= 0.3 is 12.1 Å². The topological polar surface area (TPSA) is 132 Å². The van der Waals surface area contributed by atoms with E-state index in [0.29, 0.717) is 19.3 Å². The number of esters is 1. The molecule has 1 aromatic rings. The average molecular weight is 511 g/mol. The van der Waals surface area contributed by atoms with Crippen molar-refractivity contribution in [2.45, 2.75) is 116 Å². The Kier molecular flexibility index (Phi) is 9.90. The summed E-state index contributed by atoms with van der Waals surface area (Å²) in [6.07, 6.45) is 0.942. The number of aromatic nitrogens is 2. The van der Waals surface area contributed by atoms with Gasteiger partial charge in [-0.2, -0.15) is 5.10 Å². The maximum Gasteiger partial charge on any atom is 0.411 e. The number of likely N-dealkylation sites (tertiary alicyclic amines) is 1. The smallest absolute Gasteiger partial charge is 0.411 e. The van der Waals surface area contributed by atoms with Crippen LogP contribution in [0.4, 0.5) is 4.79 Å².